The highest BCUT2D eigenvalue weighted by Crippen LogP contribution is 2.35. The highest BCUT2D eigenvalue weighted by atomic mass is 35.5. The Morgan fingerprint density at radius 1 is 0.900 bits per heavy atom. The minimum atomic E-state index is 0.140. The molecule has 7 heteroatoms. The number of nitrogens with zero attached hydrogens (tertiary/aromatic N) is 1. The summed E-state index contributed by atoms with van der Waals surface area (Å²) in [7, 11) is 3.09. The number of anilines is 1. The minimum Gasteiger partial charge on any atom is -0.496 e. The average molecular weight is 315 g/mol. The summed E-state index contributed by atoms with van der Waals surface area (Å²) in [5.41, 5.74) is 5.62. The Hall–Kier alpha value is -1.85. The molecule has 106 valence electrons. The van der Waals surface area contributed by atoms with Crippen molar-refractivity contribution in [3.05, 3.63) is 34.3 Å². The lowest BCUT2D eigenvalue weighted by molar-refractivity contribution is 0.385. The lowest BCUT2D eigenvalue weighted by Crippen LogP contribution is -1.96. The van der Waals surface area contributed by atoms with E-state index in [0.717, 1.165) is 0 Å². The number of rotatable bonds is 4. The third-order valence-electron chi connectivity index (χ3n) is 2.46. The van der Waals surface area contributed by atoms with E-state index in [1.54, 1.807) is 32.4 Å². The Bertz CT molecular complexity index is 613. The molecule has 0 aliphatic rings. The van der Waals surface area contributed by atoms with Crippen molar-refractivity contribution >= 4 is 29.0 Å². The molecule has 0 fully saturated rings. The van der Waals surface area contributed by atoms with Gasteiger partial charge >= 0.3 is 0 Å². The number of nitrogens with two attached hydrogens (primary N) is 1. The minimum absolute atomic E-state index is 0.140. The van der Waals surface area contributed by atoms with Crippen LogP contribution in [-0.4, -0.2) is 19.2 Å². The molecular formula is C13H12Cl2N2O3. The van der Waals surface area contributed by atoms with Crippen molar-refractivity contribution in [3.63, 3.8) is 0 Å². The number of hydrogen-bond acceptors (Lipinski definition) is 5. The van der Waals surface area contributed by atoms with E-state index in [1.807, 2.05) is 0 Å². The van der Waals surface area contributed by atoms with Crippen molar-refractivity contribution in [2.24, 2.45) is 0 Å². The lowest BCUT2D eigenvalue weighted by Gasteiger charge is -2.11. The van der Waals surface area contributed by atoms with Crippen molar-refractivity contribution in [2.75, 3.05) is 20.0 Å². The fourth-order valence-electron chi connectivity index (χ4n) is 1.49. The molecule has 5 nitrogen and oxygen atoms in total. The van der Waals surface area contributed by atoms with Crippen molar-refractivity contribution in [3.8, 4) is 23.1 Å². The van der Waals surface area contributed by atoms with Gasteiger partial charge < -0.3 is 19.9 Å². The molecule has 0 unspecified atom stereocenters. The molecule has 1 heterocycles. The summed E-state index contributed by atoms with van der Waals surface area (Å²) in [6.45, 7) is 0. The maximum atomic E-state index is 6.01. The molecule has 0 saturated heterocycles. The lowest BCUT2D eigenvalue weighted by atomic mass is 10.3. The zero-order valence-corrected chi connectivity index (χ0v) is 12.3. The van der Waals surface area contributed by atoms with Crippen molar-refractivity contribution in [2.45, 2.75) is 0 Å². The van der Waals surface area contributed by atoms with Crippen molar-refractivity contribution in [1.29, 1.82) is 0 Å². The zero-order chi connectivity index (χ0) is 14.7. The maximum absolute atomic E-state index is 6.01. The van der Waals surface area contributed by atoms with Gasteiger partial charge in [-0.15, -0.1) is 0 Å². The number of hydrogen-bond donors (Lipinski definition) is 1. The quantitative estimate of drug-likeness (QED) is 0.930. The number of halogens is 2. The van der Waals surface area contributed by atoms with E-state index in [1.165, 1.54) is 6.07 Å². The maximum Gasteiger partial charge on any atom is 0.240 e. The predicted molar refractivity (Wildman–Crippen MR) is 78.3 cm³/mol. The molecule has 0 radical (unpaired) electrons. The van der Waals surface area contributed by atoms with Gasteiger partial charge in [-0.2, -0.15) is 4.98 Å². The summed E-state index contributed by atoms with van der Waals surface area (Å²) in [6.07, 6.45) is 0. The molecule has 2 aromatic rings. The SMILES string of the molecule is COc1cc(OC)cc(Oc2nc(N)c(Cl)cc2Cl)c1. The first-order valence-corrected chi connectivity index (χ1v) is 6.31. The number of pyridine rings is 1. The van der Waals surface area contributed by atoms with Gasteiger partial charge in [0.1, 0.15) is 28.1 Å². The first-order chi connectivity index (χ1) is 9.53. The van der Waals surface area contributed by atoms with E-state index in [0.29, 0.717) is 17.2 Å². The molecule has 0 aliphatic carbocycles. The van der Waals surface area contributed by atoms with Crippen LogP contribution in [-0.2, 0) is 0 Å². The van der Waals surface area contributed by atoms with Gasteiger partial charge in [-0.05, 0) is 6.07 Å². The second kappa shape index (κ2) is 6.07. The Balaban J connectivity index is 2.36. The molecule has 0 saturated carbocycles. The highest BCUT2D eigenvalue weighted by molar-refractivity contribution is 6.36. The predicted octanol–water partition coefficient (Wildman–Crippen LogP) is 3.78. The van der Waals surface area contributed by atoms with Crippen LogP contribution < -0.4 is 19.9 Å². The molecule has 0 bridgehead atoms. The van der Waals surface area contributed by atoms with Crippen LogP contribution in [0.15, 0.2) is 24.3 Å². The number of nitrogen functional groups attached to an aromatic ring is 1. The van der Waals surface area contributed by atoms with Crippen LogP contribution in [0.4, 0.5) is 5.82 Å². The molecule has 0 amide bonds. The van der Waals surface area contributed by atoms with Gasteiger partial charge in [-0.3, -0.25) is 0 Å². The summed E-state index contributed by atoms with van der Waals surface area (Å²) >= 11 is 11.8. The van der Waals surface area contributed by atoms with Crippen LogP contribution in [0.2, 0.25) is 10.0 Å². The van der Waals surface area contributed by atoms with E-state index >= 15 is 0 Å². The van der Waals surface area contributed by atoms with Crippen LogP contribution in [0.25, 0.3) is 0 Å². The van der Waals surface area contributed by atoms with E-state index in [9.17, 15) is 0 Å². The van der Waals surface area contributed by atoms with Crippen LogP contribution in [0, 0.1) is 0 Å². The van der Waals surface area contributed by atoms with Crippen LogP contribution in [0.5, 0.6) is 23.1 Å². The third-order valence-corrected chi connectivity index (χ3v) is 3.04. The van der Waals surface area contributed by atoms with Crippen molar-refractivity contribution < 1.29 is 14.2 Å². The van der Waals surface area contributed by atoms with Gasteiger partial charge in [0.15, 0.2) is 0 Å². The summed E-state index contributed by atoms with van der Waals surface area (Å²) in [4.78, 5) is 3.99. The molecule has 2 N–H and O–H groups in total. The molecule has 0 atom stereocenters. The average Bonchev–Trinajstić information content (AvgIpc) is 2.44. The van der Waals surface area contributed by atoms with Gasteiger partial charge in [0.05, 0.1) is 19.2 Å². The summed E-state index contributed by atoms with van der Waals surface area (Å²) in [6, 6.07) is 6.53. The normalized spacial score (nSPS) is 10.2. The summed E-state index contributed by atoms with van der Waals surface area (Å²) < 4.78 is 15.9. The van der Waals surface area contributed by atoms with Gasteiger partial charge in [-0.1, -0.05) is 23.2 Å². The number of aromatic nitrogens is 1. The van der Waals surface area contributed by atoms with E-state index in [-0.39, 0.29) is 21.7 Å². The Morgan fingerprint density at radius 3 is 2.00 bits per heavy atom. The van der Waals surface area contributed by atoms with Gasteiger partial charge in [0, 0.05) is 18.2 Å². The van der Waals surface area contributed by atoms with Crippen LogP contribution in [0.1, 0.15) is 0 Å². The fraction of sp³-hybridized carbons (Fsp3) is 0.154. The Labute approximate surface area is 126 Å². The number of benzene rings is 1. The first kappa shape index (κ1) is 14.6. The molecule has 1 aromatic carbocycles. The zero-order valence-electron chi connectivity index (χ0n) is 10.8. The molecule has 2 rings (SSSR count). The van der Waals surface area contributed by atoms with Crippen molar-refractivity contribution in [1.82, 2.24) is 4.98 Å². The standard InChI is InChI=1S/C13H12Cl2N2O3/c1-18-7-3-8(19-2)5-9(4-7)20-13-11(15)6-10(14)12(16)17-13/h3-6H,1-2H3,(H2,16,17). The number of ether oxygens (including phenoxy) is 3. The smallest absolute Gasteiger partial charge is 0.240 e. The second-order valence-corrected chi connectivity index (χ2v) is 4.61. The van der Waals surface area contributed by atoms with Gasteiger partial charge in [-0.25, -0.2) is 0 Å². The second-order valence-electron chi connectivity index (χ2n) is 3.79. The van der Waals surface area contributed by atoms with Gasteiger partial charge in [0.2, 0.25) is 5.88 Å². The van der Waals surface area contributed by atoms with Crippen LogP contribution in [0.3, 0.4) is 0 Å². The van der Waals surface area contributed by atoms with E-state index in [4.69, 9.17) is 43.1 Å². The summed E-state index contributed by atoms with van der Waals surface area (Å²) in [5, 5.41) is 0.525. The molecule has 0 aliphatic heterocycles. The Kier molecular flexibility index (Phi) is 4.42. The Morgan fingerprint density at radius 2 is 1.45 bits per heavy atom. The molecular weight excluding hydrogens is 303 g/mol. The monoisotopic (exact) mass is 314 g/mol. The van der Waals surface area contributed by atoms with E-state index < -0.39 is 0 Å². The largest absolute Gasteiger partial charge is 0.496 e. The fourth-order valence-corrected chi connectivity index (χ4v) is 1.88. The van der Waals surface area contributed by atoms with Gasteiger partial charge in [0.25, 0.3) is 0 Å². The van der Waals surface area contributed by atoms with Crippen LogP contribution >= 0.6 is 23.2 Å². The van der Waals surface area contributed by atoms with E-state index in [2.05, 4.69) is 4.98 Å². The summed E-state index contributed by atoms with van der Waals surface area (Å²) in [5.74, 6) is 1.91. The molecule has 20 heavy (non-hydrogen) atoms. The highest BCUT2D eigenvalue weighted by Gasteiger charge is 2.11. The number of methoxy groups -OCH3 is 2. The topological polar surface area (TPSA) is 66.6 Å². The first-order valence-electron chi connectivity index (χ1n) is 5.56. The molecule has 0 spiro atoms. The molecule has 1 aromatic heterocycles. The third kappa shape index (κ3) is 3.18.